The highest BCUT2D eigenvalue weighted by molar-refractivity contribution is 6.19. The molecule has 0 aliphatic carbocycles. The Hall–Kier alpha value is -3.61. The van der Waals surface area contributed by atoms with Crippen LogP contribution in [-0.2, 0) is 4.74 Å². The van der Waals surface area contributed by atoms with Gasteiger partial charge in [0, 0.05) is 16.9 Å². The number of ether oxygens (including phenoxy) is 1. The number of benzene rings is 2. The van der Waals surface area contributed by atoms with Crippen LogP contribution in [0.4, 0.5) is 11.4 Å². The second kappa shape index (κ2) is 8.60. The number of anilines is 2. The molecular formula is C22H22N2O5. The maximum atomic E-state index is 12.9. The van der Waals surface area contributed by atoms with Crippen molar-refractivity contribution in [3.05, 3.63) is 70.5 Å². The molecule has 29 heavy (non-hydrogen) atoms. The van der Waals surface area contributed by atoms with Gasteiger partial charge in [-0.3, -0.25) is 4.79 Å². The fourth-order valence-corrected chi connectivity index (χ4v) is 3.10. The van der Waals surface area contributed by atoms with Gasteiger partial charge in [-0.05, 0) is 55.8 Å². The first-order chi connectivity index (χ1) is 13.9. The van der Waals surface area contributed by atoms with E-state index in [1.54, 1.807) is 37.3 Å². The molecule has 3 rings (SSSR count). The van der Waals surface area contributed by atoms with Crippen LogP contribution < -0.4 is 10.6 Å². The summed E-state index contributed by atoms with van der Waals surface area (Å²) in [6.45, 7) is 4.01. The number of fused-ring (bicyclic) bond motifs is 1. The van der Waals surface area contributed by atoms with Gasteiger partial charge in [-0.25, -0.2) is 9.59 Å². The van der Waals surface area contributed by atoms with Crippen molar-refractivity contribution in [1.29, 1.82) is 0 Å². The molecule has 0 radical (unpaired) electrons. The third-order valence-corrected chi connectivity index (χ3v) is 4.49. The molecule has 2 aromatic rings. The minimum Gasteiger partial charge on any atom is -0.478 e. The number of carboxylic acids is 1. The number of hydrogen-bond donors (Lipinski definition) is 3. The van der Waals surface area contributed by atoms with Crippen molar-refractivity contribution in [1.82, 2.24) is 0 Å². The van der Waals surface area contributed by atoms with Gasteiger partial charge in [0.2, 0.25) is 5.78 Å². The van der Waals surface area contributed by atoms with Crippen molar-refractivity contribution in [2.45, 2.75) is 26.7 Å². The molecule has 7 nitrogen and oxygen atoms in total. The van der Waals surface area contributed by atoms with Gasteiger partial charge in [-0.1, -0.05) is 13.3 Å². The minimum absolute atomic E-state index is 0.159. The van der Waals surface area contributed by atoms with Crippen LogP contribution in [0.2, 0.25) is 0 Å². The standard InChI is InChI=1S/C22H22N2O5/c1-3-5-17(23-15-9-6-13(7-10-15)21(26)27)19-20(25)16-11-8-14(12-18(16)24-19)22(28)29-4-2/h6-12,23-24H,3-5H2,1-2H3,(H,26,27). The maximum absolute atomic E-state index is 12.9. The molecule has 0 saturated heterocycles. The predicted octanol–water partition coefficient (Wildman–Crippen LogP) is 4.29. The molecule has 1 heterocycles. The first kappa shape index (κ1) is 20.1. The van der Waals surface area contributed by atoms with Gasteiger partial charge in [-0.2, -0.15) is 0 Å². The molecule has 0 bridgehead atoms. The molecule has 1 aliphatic rings. The van der Waals surface area contributed by atoms with Gasteiger partial charge in [0.25, 0.3) is 0 Å². The summed E-state index contributed by atoms with van der Waals surface area (Å²) in [5, 5.41) is 15.4. The number of hydrogen-bond acceptors (Lipinski definition) is 6. The number of carboxylic acid groups (broad SMARTS) is 1. The molecular weight excluding hydrogens is 372 g/mol. The highest BCUT2D eigenvalue weighted by Gasteiger charge is 2.28. The van der Waals surface area contributed by atoms with Crippen molar-refractivity contribution < 1.29 is 24.2 Å². The van der Waals surface area contributed by atoms with Gasteiger partial charge in [0.1, 0.15) is 5.70 Å². The number of carbonyl (C=O) groups is 3. The Morgan fingerprint density at radius 1 is 1.07 bits per heavy atom. The van der Waals surface area contributed by atoms with E-state index in [0.717, 1.165) is 6.42 Å². The van der Waals surface area contributed by atoms with Gasteiger partial charge in [-0.15, -0.1) is 0 Å². The van der Waals surface area contributed by atoms with Crippen LogP contribution in [0.15, 0.2) is 53.9 Å². The number of nitrogens with one attached hydrogen (secondary N) is 2. The van der Waals surface area contributed by atoms with E-state index in [2.05, 4.69) is 10.6 Å². The molecule has 0 amide bonds. The lowest BCUT2D eigenvalue weighted by Crippen LogP contribution is -2.12. The first-order valence-corrected chi connectivity index (χ1v) is 9.41. The highest BCUT2D eigenvalue weighted by Crippen LogP contribution is 2.32. The third kappa shape index (κ3) is 4.29. The van der Waals surface area contributed by atoms with Crippen LogP contribution in [0, 0.1) is 0 Å². The van der Waals surface area contributed by atoms with Crippen molar-refractivity contribution in [2.75, 3.05) is 17.2 Å². The monoisotopic (exact) mass is 394 g/mol. The molecule has 0 spiro atoms. The van der Waals surface area contributed by atoms with Gasteiger partial charge in [0.05, 0.1) is 23.4 Å². The molecule has 7 heteroatoms. The average Bonchev–Trinajstić information content (AvgIpc) is 3.04. The number of esters is 1. The van der Waals surface area contributed by atoms with E-state index in [1.807, 2.05) is 6.92 Å². The minimum atomic E-state index is -0.996. The van der Waals surface area contributed by atoms with E-state index in [0.29, 0.717) is 40.3 Å². The van der Waals surface area contributed by atoms with Crippen LogP contribution in [0.5, 0.6) is 0 Å². The number of ketones is 1. The Balaban J connectivity index is 1.90. The molecule has 0 atom stereocenters. The Bertz CT molecular complexity index is 993. The van der Waals surface area contributed by atoms with Crippen molar-refractivity contribution >= 4 is 29.1 Å². The Kier molecular flexibility index (Phi) is 5.97. The molecule has 1 aliphatic heterocycles. The smallest absolute Gasteiger partial charge is 0.338 e. The summed E-state index contributed by atoms with van der Waals surface area (Å²) in [6.07, 6.45) is 1.42. The topological polar surface area (TPSA) is 105 Å². The van der Waals surface area contributed by atoms with E-state index >= 15 is 0 Å². The summed E-state index contributed by atoms with van der Waals surface area (Å²) in [4.78, 5) is 35.9. The molecule has 3 N–H and O–H groups in total. The summed E-state index contributed by atoms with van der Waals surface area (Å²) in [5.74, 6) is -1.59. The Labute approximate surface area is 168 Å². The van der Waals surface area contributed by atoms with Crippen molar-refractivity contribution in [2.24, 2.45) is 0 Å². The molecule has 0 unspecified atom stereocenters. The highest BCUT2D eigenvalue weighted by atomic mass is 16.5. The third-order valence-electron chi connectivity index (χ3n) is 4.49. The van der Waals surface area contributed by atoms with E-state index in [4.69, 9.17) is 9.84 Å². The number of rotatable bonds is 7. The first-order valence-electron chi connectivity index (χ1n) is 9.41. The predicted molar refractivity (Wildman–Crippen MR) is 109 cm³/mol. The molecule has 150 valence electrons. The fraction of sp³-hybridized carbons (Fsp3) is 0.227. The zero-order valence-electron chi connectivity index (χ0n) is 16.2. The average molecular weight is 394 g/mol. The Morgan fingerprint density at radius 2 is 1.76 bits per heavy atom. The summed E-state index contributed by atoms with van der Waals surface area (Å²) >= 11 is 0. The SMILES string of the molecule is CCCC(Nc1ccc(C(=O)O)cc1)=C1Nc2cc(C(=O)OCC)ccc2C1=O. The quantitative estimate of drug-likeness (QED) is 0.475. The second-order valence-electron chi connectivity index (χ2n) is 6.55. The van der Waals surface area contributed by atoms with E-state index in [9.17, 15) is 14.4 Å². The fourth-order valence-electron chi connectivity index (χ4n) is 3.10. The largest absolute Gasteiger partial charge is 0.478 e. The summed E-state index contributed by atoms with van der Waals surface area (Å²) in [6, 6.07) is 11.1. The van der Waals surface area contributed by atoms with Crippen LogP contribution in [0.25, 0.3) is 0 Å². The van der Waals surface area contributed by atoms with Crippen LogP contribution in [0.3, 0.4) is 0 Å². The number of Topliss-reactive ketones (excluding diaryl/α,β-unsaturated/α-hetero) is 1. The van der Waals surface area contributed by atoms with Gasteiger partial charge < -0.3 is 20.5 Å². The lowest BCUT2D eigenvalue weighted by Gasteiger charge is -2.14. The van der Waals surface area contributed by atoms with Gasteiger partial charge >= 0.3 is 11.9 Å². The zero-order chi connectivity index (χ0) is 21.0. The molecule has 0 saturated carbocycles. The zero-order valence-corrected chi connectivity index (χ0v) is 16.2. The number of aromatic carboxylic acids is 1. The van der Waals surface area contributed by atoms with E-state index in [1.165, 1.54) is 12.1 Å². The number of carbonyl (C=O) groups excluding carboxylic acids is 2. The molecule has 0 aromatic heterocycles. The molecule has 2 aromatic carbocycles. The maximum Gasteiger partial charge on any atom is 0.338 e. The summed E-state index contributed by atoms with van der Waals surface area (Å²) in [7, 11) is 0. The van der Waals surface area contributed by atoms with Crippen LogP contribution in [-0.4, -0.2) is 29.4 Å². The lowest BCUT2D eigenvalue weighted by molar-refractivity contribution is 0.0525. The summed E-state index contributed by atoms with van der Waals surface area (Å²) in [5.41, 5.74) is 3.43. The van der Waals surface area contributed by atoms with Crippen molar-refractivity contribution in [3.63, 3.8) is 0 Å². The van der Waals surface area contributed by atoms with E-state index < -0.39 is 11.9 Å². The summed E-state index contributed by atoms with van der Waals surface area (Å²) < 4.78 is 5.02. The number of allylic oxidation sites excluding steroid dienone is 2. The normalized spacial score (nSPS) is 14.1. The van der Waals surface area contributed by atoms with Crippen molar-refractivity contribution in [3.8, 4) is 0 Å². The van der Waals surface area contributed by atoms with E-state index in [-0.39, 0.29) is 18.0 Å². The van der Waals surface area contributed by atoms with Crippen LogP contribution >= 0.6 is 0 Å². The second-order valence-corrected chi connectivity index (χ2v) is 6.55. The van der Waals surface area contributed by atoms with Crippen LogP contribution in [0.1, 0.15) is 57.8 Å². The molecule has 0 fully saturated rings. The Morgan fingerprint density at radius 3 is 2.38 bits per heavy atom. The lowest BCUT2D eigenvalue weighted by atomic mass is 10.1. The van der Waals surface area contributed by atoms with Gasteiger partial charge in [0.15, 0.2) is 0 Å².